The molecular formula is C19H12N2O4. The summed E-state index contributed by atoms with van der Waals surface area (Å²) < 4.78 is 0. The van der Waals surface area contributed by atoms with Gasteiger partial charge in [-0.05, 0) is 29.7 Å². The van der Waals surface area contributed by atoms with Crippen LogP contribution in [-0.2, 0) is 0 Å². The molecule has 6 heteroatoms. The van der Waals surface area contributed by atoms with E-state index < -0.39 is 11.8 Å². The maximum absolute atomic E-state index is 12.7. The molecule has 6 nitrogen and oxygen atoms in total. The molecule has 2 N–H and O–H groups in total. The van der Waals surface area contributed by atoms with E-state index in [9.17, 15) is 19.8 Å². The van der Waals surface area contributed by atoms with Crippen LogP contribution in [0.25, 0.3) is 10.8 Å². The van der Waals surface area contributed by atoms with Crippen LogP contribution in [0.15, 0.2) is 59.7 Å². The Kier molecular flexibility index (Phi) is 3.25. The van der Waals surface area contributed by atoms with E-state index in [0.717, 1.165) is 16.5 Å². The Labute approximate surface area is 142 Å². The number of amides is 2. The Hall–Kier alpha value is -3.67. The van der Waals surface area contributed by atoms with Gasteiger partial charge in [0.25, 0.3) is 11.8 Å². The molecule has 25 heavy (non-hydrogen) atoms. The molecule has 0 spiro atoms. The van der Waals surface area contributed by atoms with E-state index in [-0.39, 0.29) is 17.1 Å². The second-order valence-electron chi connectivity index (χ2n) is 5.62. The smallest absolute Gasteiger partial charge is 0.282 e. The molecule has 1 aliphatic rings. The van der Waals surface area contributed by atoms with Gasteiger partial charge < -0.3 is 10.2 Å². The van der Waals surface area contributed by atoms with Crippen LogP contribution in [0.3, 0.4) is 0 Å². The SMILES string of the molecule is O=C1c2cccc3cccc(c23)C(=O)N1/N=C/c1ccc(O)cc1O. The number of hydrazone groups is 1. The molecule has 4 rings (SSSR count). The van der Waals surface area contributed by atoms with Gasteiger partial charge in [0.15, 0.2) is 0 Å². The van der Waals surface area contributed by atoms with Gasteiger partial charge in [0, 0.05) is 17.0 Å². The number of rotatable bonds is 2. The standard InChI is InChI=1S/C19H12N2O4/c22-13-8-7-12(16(23)9-13)10-20-21-18(24)14-5-1-3-11-4-2-6-15(17(11)14)19(21)25/h1-10,22-23H/b20-10+. The first kappa shape index (κ1) is 14.9. The Morgan fingerprint density at radius 2 is 1.52 bits per heavy atom. The fourth-order valence-corrected chi connectivity index (χ4v) is 2.88. The average molecular weight is 332 g/mol. The van der Waals surface area contributed by atoms with Crippen LogP contribution in [0.2, 0.25) is 0 Å². The third kappa shape index (κ3) is 2.31. The normalized spacial score (nSPS) is 13.8. The molecule has 122 valence electrons. The van der Waals surface area contributed by atoms with Crippen molar-refractivity contribution in [2.75, 3.05) is 0 Å². The van der Waals surface area contributed by atoms with Crippen molar-refractivity contribution in [2.24, 2.45) is 5.10 Å². The molecule has 0 unspecified atom stereocenters. The maximum Gasteiger partial charge on any atom is 0.282 e. The minimum Gasteiger partial charge on any atom is -0.508 e. The molecule has 1 heterocycles. The van der Waals surface area contributed by atoms with E-state index in [0.29, 0.717) is 16.5 Å². The fourth-order valence-electron chi connectivity index (χ4n) is 2.88. The lowest BCUT2D eigenvalue weighted by atomic mass is 9.95. The van der Waals surface area contributed by atoms with Crippen molar-refractivity contribution in [1.82, 2.24) is 5.01 Å². The summed E-state index contributed by atoms with van der Waals surface area (Å²) in [5, 5.41) is 25.3. The summed E-state index contributed by atoms with van der Waals surface area (Å²) in [6, 6.07) is 14.5. The Bertz CT molecular complexity index is 1020. The third-order valence-corrected chi connectivity index (χ3v) is 4.08. The topological polar surface area (TPSA) is 90.2 Å². The number of carbonyl (C=O) groups is 2. The monoisotopic (exact) mass is 332 g/mol. The van der Waals surface area contributed by atoms with Crippen molar-refractivity contribution >= 4 is 28.8 Å². The van der Waals surface area contributed by atoms with Crippen molar-refractivity contribution in [3.05, 3.63) is 71.3 Å². The van der Waals surface area contributed by atoms with E-state index in [1.807, 2.05) is 12.1 Å². The van der Waals surface area contributed by atoms with Crippen molar-refractivity contribution in [2.45, 2.75) is 0 Å². The van der Waals surface area contributed by atoms with Crippen molar-refractivity contribution in [1.29, 1.82) is 0 Å². The number of nitrogens with zero attached hydrogens (tertiary/aromatic N) is 2. The third-order valence-electron chi connectivity index (χ3n) is 4.08. The molecule has 2 amide bonds. The van der Waals surface area contributed by atoms with Gasteiger partial charge in [-0.15, -0.1) is 0 Å². The summed E-state index contributed by atoms with van der Waals surface area (Å²) in [5.41, 5.74) is 1.08. The lowest BCUT2D eigenvalue weighted by molar-refractivity contribution is 0.0616. The molecule has 0 saturated carbocycles. The van der Waals surface area contributed by atoms with Gasteiger partial charge in [-0.25, -0.2) is 0 Å². The number of hydrogen-bond acceptors (Lipinski definition) is 5. The van der Waals surface area contributed by atoms with Crippen LogP contribution in [0, 0.1) is 0 Å². The Morgan fingerprint density at radius 1 is 0.880 bits per heavy atom. The number of hydrogen-bond donors (Lipinski definition) is 2. The molecule has 0 bridgehead atoms. The number of carbonyl (C=O) groups excluding carboxylic acids is 2. The highest BCUT2D eigenvalue weighted by atomic mass is 16.3. The highest BCUT2D eigenvalue weighted by Gasteiger charge is 2.32. The van der Waals surface area contributed by atoms with Gasteiger partial charge in [0.05, 0.1) is 17.3 Å². The molecule has 0 fully saturated rings. The van der Waals surface area contributed by atoms with Gasteiger partial charge in [-0.1, -0.05) is 24.3 Å². The minimum absolute atomic E-state index is 0.0969. The zero-order chi connectivity index (χ0) is 17.6. The molecule has 3 aromatic rings. The summed E-state index contributed by atoms with van der Waals surface area (Å²) in [6.07, 6.45) is 1.21. The Balaban J connectivity index is 1.79. The second-order valence-corrected chi connectivity index (χ2v) is 5.62. The number of phenolic OH excluding ortho intramolecular Hbond substituents is 2. The highest BCUT2D eigenvalue weighted by molar-refractivity contribution is 6.25. The predicted octanol–water partition coefficient (Wildman–Crippen LogP) is 2.88. The van der Waals surface area contributed by atoms with Crippen molar-refractivity contribution in [3.63, 3.8) is 0 Å². The fraction of sp³-hybridized carbons (Fsp3) is 0. The van der Waals surface area contributed by atoms with Gasteiger partial charge in [-0.3, -0.25) is 9.59 Å². The summed E-state index contributed by atoms with van der Waals surface area (Å²) in [4.78, 5) is 25.3. The van der Waals surface area contributed by atoms with E-state index in [4.69, 9.17) is 0 Å². The first-order valence-electron chi connectivity index (χ1n) is 7.53. The molecule has 0 aromatic heterocycles. The molecule has 0 radical (unpaired) electrons. The van der Waals surface area contributed by atoms with Crippen LogP contribution < -0.4 is 0 Å². The largest absolute Gasteiger partial charge is 0.508 e. The maximum atomic E-state index is 12.7. The van der Waals surface area contributed by atoms with E-state index in [2.05, 4.69) is 5.10 Å². The van der Waals surface area contributed by atoms with E-state index >= 15 is 0 Å². The number of benzene rings is 3. The van der Waals surface area contributed by atoms with Crippen LogP contribution in [0.5, 0.6) is 11.5 Å². The summed E-state index contributed by atoms with van der Waals surface area (Å²) in [7, 11) is 0. The van der Waals surface area contributed by atoms with Crippen LogP contribution >= 0.6 is 0 Å². The highest BCUT2D eigenvalue weighted by Crippen LogP contribution is 2.30. The van der Waals surface area contributed by atoms with Gasteiger partial charge in [0.1, 0.15) is 11.5 Å². The molecule has 0 atom stereocenters. The lowest BCUT2D eigenvalue weighted by Gasteiger charge is -2.23. The first-order chi connectivity index (χ1) is 12.1. The van der Waals surface area contributed by atoms with E-state index in [1.165, 1.54) is 18.3 Å². The number of phenols is 2. The molecular weight excluding hydrogens is 320 g/mol. The second kappa shape index (κ2) is 5.45. The first-order valence-corrected chi connectivity index (χ1v) is 7.53. The minimum atomic E-state index is -0.524. The molecule has 0 aliphatic carbocycles. The van der Waals surface area contributed by atoms with E-state index in [1.54, 1.807) is 24.3 Å². The van der Waals surface area contributed by atoms with Crippen molar-refractivity contribution < 1.29 is 19.8 Å². The molecule has 1 aliphatic heterocycles. The average Bonchev–Trinajstić information content (AvgIpc) is 2.61. The zero-order valence-electron chi connectivity index (χ0n) is 12.9. The lowest BCUT2D eigenvalue weighted by Crippen LogP contribution is -2.36. The van der Waals surface area contributed by atoms with Gasteiger partial charge >= 0.3 is 0 Å². The summed E-state index contributed by atoms with van der Waals surface area (Å²) in [5.74, 6) is -1.35. The molecule has 0 saturated heterocycles. The van der Waals surface area contributed by atoms with Crippen LogP contribution in [0.4, 0.5) is 0 Å². The summed E-state index contributed by atoms with van der Waals surface area (Å²) in [6.45, 7) is 0. The van der Waals surface area contributed by atoms with Crippen molar-refractivity contribution in [3.8, 4) is 11.5 Å². The quantitative estimate of drug-likeness (QED) is 0.558. The zero-order valence-corrected chi connectivity index (χ0v) is 12.9. The summed E-state index contributed by atoms with van der Waals surface area (Å²) >= 11 is 0. The van der Waals surface area contributed by atoms with Gasteiger partial charge in [0.2, 0.25) is 0 Å². The molecule has 3 aromatic carbocycles. The number of imide groups is 1. The number of aromatic hydroxyl groups is 2. The van der Waals surface area contributed by atoms with Crippen LogP contribution in [0.1, 0.15) is 26.3 Å². The predicted molar refractivity (Wildman–Crippen MR) is 91.8 cm³/mol. The van der Waals surface area contributed by atoms with Crippen LogP contribution in [-0.4, -0.2) is 33.3 Å². The Morgan fingerprint density at radius 3 is 2.12 bits per heavy atom. The van der Waals surface area contributed by atoms with Gasteiger partial charge in [-0.2, -0.15) is 10.1 Å².